The van der Waals surface area contributed by atoms with Crippen LogP contribution < -0.4 is 9.47 Å². The number of phenols is 3. The Morgan fingerprint density at radius 2 is 1.48 bits per heavy atom. The van der Waals surface area contributed by atoms with Crippen molar-refractivity contribution in [2.75, 3.05) is 7.11 Å². The first-order chi connectivity index (χ1) is 19.6. The molecule has 3 aromatic rings. The number of carboxylic acid groups (broad SMARTS) is 1. The first-order valence-corrected chi connectivity index (χ1v) is 12.7. The largest absolute Gasteiger partial charge is 0.508 e. The van der Waals surface area contributed by atoms with E-state index in [1.165, 1.54) is 52.5 Å². The summed E-state index contributed by atoms with van der Waals surface area (Å²) < 4.78 is 10.3. The van der Waals surface area contributed by atoms with E-state index in [2.05, 4.69) is 0 Å². The number of esters is 1. The molecule has 10 heteroatoms. The number of benzene rings is 3. The van der Waals surface area contributed by atoms with E-state index in [1.54, 1.807) is 18.2 Å². The normalized spacial score (nSPS) is 10.2. The molecule has 0 amide bonds. The van der Waals surface area contributed by atoms with Gasteiger partial charge in [-0.25, -0.2) is 9.59 Å². The molecule has 0 atom stereocenters. The summed E-state index contributed by atoms with van der Waals surface area (Å²) in [6.07, 6.45) is 3.04. The third-order valence-electron chi connectivity index (χ3n) is 6.38. The van der Waals surface area contributed by atoms with Gasteiger partial charge in [-0.2, -0.15) is 0 Å². The van der Waals surface area contributed by atoms with Crippen molar-refractivity contribution in [3.63, 3.8) is 0 Å². The quantitative estimate of drug-likeness (QED) is 0.0835. The van der Waals surface area contributed by atoms with Crippen LogP contribution in [0.2, 0.25) is 0 Å². The summed E-state index contributed by atoms with van der Waals surface area (Å²) in [5.41, 5.74) is 2.33. The summed E-state index contributed by atoms with van der Waals surface area (Å²) in [6.45, 7) is 9.89. The Morgan fingerprint density at radius 1 is 0.857 bits per heavy atom. The number of methoxy groups -OCH3 is 1. The van der Waals surface area contributed by atoms with Crippen LogP contribution in [-0.2, 0) is 6.42 Å². The molecule has 3 aromatic carbocycles. The van der Waals surface area contributed by atoms with Gasteiger partial charge in [-0.3, -0.25) is 9.59 Å². The molecule has 3 rings (SSSR count). The fourth-order valence-corrected chi connectivity index (χ4v) is 4.00. The molecular weight excluding hydrogens is 544 g/mol. The van der Waals surface area contributed by atoms with Gasteiger partial charge in [-0.1, -0.05) is 11.6 Å². The van der Waals surface area contributed by atoms with Crippen LogP contribution in [0, 0.1) is 20.8 Å². The monoisotopic (exact) mass is 578 g/mol. The standard InChI is InChI=1S/C19H18O8.C13H16O2/c1-8-5-13(26-4)11(7-20)17(22)14(8)19(25)27-12-6-9(2)16(21)15(10(12)3)18(23)24;1-9(2)4-5-12-8-11(10(3)14)6-7-13(12)15/h5-7,21-22H,1-4H3,(H,23,24);4,6-8,15H,5H2,1-3H3. The van der Waals surface area contributed by atoms with Crippen LogP contribution in [0.4, 0.5) is 0 Å². The number of rotatable bonds is 8. The van der Waals surface area contributed by atoms with E-state index < -0.39 is 23.4 Å². The van der Waals surface area contributed by atoms with Crippen molar-refractivity contribution in [2.45, 2.75) is 48.0 Å². The molecule has 222 valence electrons. The van der Waals surface area contributed by atoms with Crippen LogP contribution >= 0.6 is 0 Å². The van der Waals surface area contributed by atoms with Crippen LogP contribution in [0.5, 0.6) is 28.7 Å². The van der Waals surface area contributed by atoms with E-state index in [0.717, 1.165) is 5.56 Å². The molecule has 0 heterocycles. The molecule has 0 radical (unpaired) electrons. The van der Waals surface area contributed by atoms with Crippen molar-refractivity contribution in [3.8, 4) is 28.7 Å². The summed E-state index contributed by atoms with van der Waals surface area (Å²) in [5.74, 6) is -3.11. The van der Waals surface area contributed by atoms with Gasteiger partial charge >= 0.3 is 11.9 Å². The van der Waals surface area contributed by atoms with Crippen molar-refractivity contribution in [2.24, 2.45) is 0 Å². The molecule has 0 aliphatic carbocycles. The lowest BCUT2D eigenvalue weighted by molar-refractivity contribution is 0.0681. The minimum absolute atomic E-state index is 0.0217. The molecule has 0 unspecified atom stereocenters. The number of Topliss-reactive ketones (excluding diaryl/α,β-unsaturated/α-hetero) is 1. The number of carbonyl (C=O) groups excluding carboxylic acids is 3. The van der Waals surface area contributed by atoms with E-state index in [0.29, 0.717) is 23.8 Å². The van der Waals surface area contributed by atoms with Crippen LogP contribution in [0.15, 0.2) is 42.0 Å². The number of phenolic OH excluding ortho intramolecular Hbond substituents is 2. The van der Waals surface area contributed by atoms with E-state index in [4.69, 9.17) is 9.47 Å². The predicted molar refractivity (Wildman–Crippen MR) is 156 cm³/mol. The minimum Gasteiger partial charge on any atom is -0.508 e. The number of ether oxygens (including phenoxy) is 2. The number of aryl methyl sites for hydroxylation is 2. The number of carboxylic acids is 1. The van der Waals surface area contributed by atoms with Crippen molar-refractivity contribution >= 4 is 24.0 Å². The molecular formula is C32H34O10. The number of aromatic hydroxyl groups is 3. The molecule has 42 heavy (non-hydrogen) atoms. The van der Waals surface area contributed by atoms with Crippen molar-refractivity contribution in [3.05, 3.63) is 86.5 Å². The molecule has 0 fully saturated rings. The number of allylic oxidation sites excluding steroid dienone is 2. The van der Waals surface area contributed by atoms with Gasteiger partial charge in [0.2, 0.25) is 0 Å². The van der Waals surface area contributed by atoms with E-state index in [9.17, 15) is 39.6 Å². The van der Waals surface area contributed by atoms with Gasteiger partial charge < -0.3 is 29.9 Å². The lowest BCUT2D eigenvalue weighted by Crippen LogP contribution is -2.14. The Hall–Kier alpha value is -5.12. The Bertz CT molecular complexity index is 1580. The fourth-order valence-electron chi connectivity index (χ4n) is 4.00. The maximum atomic E-state index is 12.6. The predicted octanol–water partition coefficient (Wildman–Crippen LogP) is 5.87. The Morgan fingerprint density at radius 3 is 2.00 bits per heavy atom. The molecule has 0 saturated heterocycles. The van der Waals surface area contributed by atoms with Gasteiger partial charge in [0.15, 0.2) is 12.1 Å². The number of hydrogen-bond donors (Lipinski definition) is 4. The highest BCUT2D eigenvalue weighted by molar-refractivity contribution is 6.01. The first kappa shape index (κ1) is 33.1. The van der Waals surface area contributed by atoms with Gasteiger partial charge in [0, 0.05) is 11.1 Å². The second-order valence-electron chi connectivity index (χ2n) is 9.77. The smallest absolute Gasteiger partial charge is 0.347 e. The van der Waals surface area contributed by atoms with E-state index >= 15 is 0 Å². The minimum atomic E-state index is -1.38. The van der Waals surface area contributed by atoms with Gasteiger partial charge in [0.1, 0.15) is 39.9 Å². The van der Waals surface area contributed by atoms with Crippen LogP contribution in [0.1, 0.15) is 84.5 Å². The average Bonchev–Trinajstić information content (AvgIpc) is 2.91. The number of aldehydes is 1. The molecule has 0 aliphatic heterocycles. The highest BCUT2D eigenvalue weighted by atomic mass is 16.5. The summed E-state index contributed by atoms with van der Waals surface area (Å²) in [4.78, 5) is 46.3. The van der Waals surface area contributed by atoms with E-state index in [-0.39, 0.29) is 50.8 Å². The molecule has 0 aromatic heterocycles. The number of ketones is 1. The average molecular weight is 579 g/mol. The second-order valence-corrected chi connectivity index (χ2v) is 9.77. The van der Waals surface area contributed by atoms with Crippen molar-refractivity contribution in [1.29, 1.82) is 0 Å². The summed E-state index contributed by atoms with van der Waals surface area (Å²) >= 11 is 0. The Kier molecular flexibility index (Phi) is 11.0. The number of hydrogen-bond acceptors (Lipinski definition) is 9. The van der Waals surface area contributed by atoms with Crippen LogP contribution in [-0.4, -0.2) is 51.5 Å². The molecule has 0 aliphatic rings. The SMILES string of the molecule is CC(=O)c1ccc(O)c(CC=C(C)C)c1.COc1cc(C)c(C(=O)Oc2cc(C)c(O)c(C(=O)O)c2C)c(O)c1C=O. The molecule has 0 saturated carbocycles. The third-order valence-corrected chi connectivity index (χ3v) is 6.38. The zero-order valence-electron chi connectivity index (χ0n) is 24.5. The van der Waals surface area contributed by atoms with Gasteiger partial charge in [-0.05, 0) is 95.0 Å². The fraction of sp³-hybridized carbons (Fsp3) is 0.250. The molecule has 10 nitrogen and oxygen atoms in total. The molecule has 4 N–H and O–H groups in total. The van der Waals surface area contributed by atoms with Gasteiger partial charge in [0.25, 0.3) is 0 Å². The zero-order valence-corrected chi connectivity index (χ0v) is 24.5. The Labute approximate surface area is 243 Å². The highest BCUT2D eigenvalue weighted by Gasteiger charge is 2.26. The van der Waals surface area contributed by atoms with Crippen molar-refractivity contribution < 1.29 is 49.1 Å². The lowest BCUT2D eigenvalue weighted by atomic mass is 10.0. The number of carbonyl (C=O) groups is 4. The van der Waals surface area contributed by atoms with Crippen LogP contribution in [0.25, 0.3) is 0 Å². The number of aromatic carboxylic acids is 1. The topological polar surface area (TPSA) is 168 Å². The van der Waals surface area contributed by atoms with Crippen LogP contribution in [0.3, 0.4) is 0 Å². The Balaban J connectivity index is 0.000000347. The maximum absolute atomic E-state index is 12.6. The second kappa shape index (κ2) is 14.0. The maximum Gasteiger partial charge on any atom is 0.347 e. The first-order valence-electron chi connectivity index (χ1n) is 12.7. The zero-order chi connectivity index (χ0) is 31.9. The molecule has 0 spiro atoms. The summed E-state index contributed by atoms with van der Waals surface area (Å²) in [6, 6.07) is 7.68. The molecule has 0 bridgehead atoms. The van der Waals surface area contributed by atoms with Gasteiger partial charge in [0.05, 0.1) is 12.7 Å². The lowest BCUT2D eigenvalue weighted by Gasteiger charge is -2.16. The summed E-state index contributed by atoms with van der Waals surface area (Å²) in [5, 5.41) is 39.1. The van der Waals surface area contributed by atoms with Crippen molar-refractivity contribution in [1.82, 2.24) is 0 Å². The van der Waals surface area contributed by atoms with E-state index in [1.807, 2.05) is 19.9 Å². The summed E-state index contributed by atoms with van der Waals surface area (Å²) in [7, 11) is 1.31. The third kappa shape index (κ3) is 7.54. The highest BCUT2D eigenvalue weighted by Crippen LogP contribution is 2.36. The van der Waals surface area contributed by atoms with Gasteiger partial charge in [-0.15, -0.1) is 0 Å².